The normalized spacial score (nSPS) is 18.2. The maximum atomic E-state index is 2.63. The van der Waals surface area contributed by atoms with Crippen molar-refractivity contribution in [1.82, 2.24) is 0 Å². The van der Waals surface area contributed by atoms with Gasteiger partial charge in [0.15, 0.2) is 0 Å². The summed E-state index contributed by atoms with van der Waals surface area (Å²) in [5.41, 5.74) is 1.83. The molecule has 0 saturated heterocycles. The first kappa shape index (κ1) is 15.8. The molecule has 0 atom stereocenters. The summed E-state index contributed by atoms with van der Waals surface area (Å²) >= 11 is 0. The van der Waals surface area contributed by atoms with Gasteiger partial charge in [-0.25, -0.2) is 0 Å². The second-order valence-corrected chi connectivity index (χ2v) is 6.07. The fourth-order valence-electron chi connectivity index (χ4n) is 3.21. The molecule has 1 rings (SSSR count). The Morgan fingerprint density at radius 2 is 1.56 bits per heavy atom. The van der Waals surface area contributed by atoms with E-state index in [0.717, 1.165) is 5.92 Å². The van der Waals surface area contributed by atoms with Gasteiger partial charge >= 0.3 is 0 Å². The van der Waals surface area contributed by atoms with Crippen molar-refractivity contribution in [2.75, 3.05) is 0 Å². The van der Waals surface area contributed by atoms with Crippen LogP contribution < -0.4 is 0 Å². The largest absolute Gasteiger partial charge is 0.0851 e. The van der Waals surface area contributed by atoms with Gasteiger partial charge in [-0.3, -0.25) is 0 Å². The van der Waals surface area contributed by atoms with Gasteiger partial charge in [-0.05, 0) is 44.4 Å². The monoisotopic (exact) mass is 250 g/mol. The first-order valence-corrected chi connectivity index (χ1v) is 8.57. The predicted octanol–water partition coefficient (Wildman–Crippen LogP) is 6.65. The van der Waals surface area contributed by atoms with Crippen LogP contribution in [0.15, 0.2) is 11.6 Å². The average molecular weight is 250 g/mol. The Balaban J connectivity index is 2.39. The van der Waals surface area contributed by atoms with Crippen LogP contribution in [0.25, 0.3) is 0 Å². The topological polar surface area (TPSA) is 0 Å². The maximum Gasteiger partial charge on any atom is -0.0203 e. The Labute approximate surface area is 115 Å². The van der Waals surface area contributed by atoms with Gasteiger partial charge in [0.2, 0.25) is 0 Å². The van der Waals surface area contributed by atoms with Crippen molar-refractivity contribution in [3.63, 3.8) is 0 Å². The van der Waals surface area contributed by atoms with Crippen LogP contribution >= 0.6 is 0 Å². The zero-order valence-corrected chi connectivity index (χ0v) is 12.8. The first-order chi connectivity index (χ1) is 8.88. The summed E-state index contributed by atoms with van der Waals surface area (Å²) in [7, 11) is 0. The quantitative estimate of drug-likeness (QED) is 0.317. The Morgan fingerprint density at radius 1 is 0.889 bits per heavy atom. The van der Waals surface area contributed by atoms with Crippen molar-refractivity contribution in [2.24, 2.45) is 5.92 Å². The van der Waals surface area contributed by atoms with Crippen LogP contribution in [0, 0.1) is 5.92 Å². The van der Waals surface area contributed by atoms with Gasteiger partial charge in [-0.1, -0.05) is 70.4 Å². The minimum Gasteiger partial charge on any atom is -0.0851 e. The van der Waals surface area contributed by atoms with Crippen molar-refractivity contribution >= 4 is 0 Å². The molecule has 0 amide bonds. The molecule has 0 unspecified atom stereocenters. The summed E-state index contributed by atoms with van der Waals surface area (Å²) in [4.78, 5) is 0. The second-order valence-electron chi connectivity index (χ2n) is 6.07. The third-order valence-electron chi connectivity index (χ3n) is 4.41. The lowest BCUT2D eigenvalue weighted by Gasteiger charge is -2.25. The average Bonchev–Trinajstić information content (AvgIpc) is 2.42. The minimum atomic E-state index is 0.956. The molecule has 0 heterocycles. The van der Waals surface area contributed by atoms with Gasteiger partial charge in [-0.15, -0.1) is 0 Å². The highest BCUT2D eigenvalue weighted by Gasteiger charge is 2.16. The van der Waals surface area contributed by atoms with E-state index in [9.17, 15) is 0 Å². The highest BCUT2D eigenvalue weighted by Crippen LogP contribution is 2.32. The molecule has 106 valence electrons. The van der Waals surface area contributed by atoms with E-state index in [-0.39, 0.29) is 0 Å². The fraction of sp³-hybridized carbons (Fsp3) is 0.889. The smallest absolute Gasteiger partial charge is 0.0203 e. The minimum absolute atomic E-state index is 0.956. The number of hydrogen-bond acceptors (Lipinski definition) is 0. The molecule has 0 N–H and O–H groups in total. The molecule has 1 fully saturated rings. The van der Waals surface area contributed by atoms with E-state index in [1.165, 1.54) is 83.5 Å². The van der Waals surface area contributed by atoms with Gasteiger partial charge < -0.3 is 0 Å². The lowest BCUT2D eigenvalue weighted by molar-refractivity contribution is 0.391. The van der Waals surface area contributed by atoms with Crippen molar-refractivity contribution in [3.8, 4) is 0 Å². The maximum absolute atomic E-state index is 2.63. The molecule has 0 aromatic rings. The number of rotatable bonds is 9. The SMILES string of the molecule is CCCCCC=C(CCCCC)C1CCCCC1. The van der Waals surface area contributed by atoms with Crippen molar-refractivity contribution in [3.05, 3.63) is 11.6 Å². The van der Waals surface area contributed by atoms with Crippen LogP contribution in [-0.4, -0.2) is 0 Å². The van der Waals surface area contributed by atoms with Crippen LogP contribution in [0.5, 0.6) is 0 Å². The van der Waals surface area contributed by atoms with E-state index in [1.807, 2.05) is 5.57 Å². The Kier molecular flexibility index (Phi) is 9.34. The highest BCUT2D eigenvalue weighted by atomic mass is 14.2. The van der Waals surface area contributed by atoms with E-state index in [2.05, 4.69) is 19.9 Å². The summed E-state index contributed by atoms with van der Waals surface area (Å²) in [6.45, 7) is 4.61. The lowest BCUT2D eigenvalue weighted by atomic mass is 9.81. The number of unbranched alkanes of at least 4 members (excludes halogenated alkanes) is 5. The molecule has 0 aliphatic heterocycles. The number of allylic oxidation sites excluding steroid dienone is 2. The van der Waals surface area contributed by atoms with Crippen LogP contribution in [0.2, 0.25) is 0 Å². The molecule has 0 aromatic heterocycles. The van der Waals surface area contributed by atoms with Gasteiger partial charge in [0.25, 0.3) is 0 Å². The Morgan fingerprint density at radius 3 is 2.22 bits per heavy atom. The van der Waals surface area contributed by atoms with Crippen LogP contribution in [-0.2, 0) is 0 Å². The molecular weight excluding hydrogens is 216 g/mol. The molecule has 1 aliphatic rings. The predicted molar refractivity (Wildman–Crippen MR) is 82.9 cm³/mol. The molecule has 18 heavy (non-hydrogen) atoms. The molecule has 0 heteroatoms. The van der Waals surface area contributed by atoms with E-state index >= 15 is 0 Å². The summed E-state index contributed by atoms with van der Waals surface area (Å²) in [6.07, 6.45) is 21.1. The van der Waals surface area contributed by atoms with Gasteiger partial charge in [0, 0.05) is 0 Å². The molecule has 0 radical (unpaired) electrons. The standard InChI is InChI=1S/C18H34/c1-3-5-7-10-14-17(13-9-6-4-2)18-15-11-8-12-16-18/h14,18H,3-13,15-16H2,1-2H3. The molecule has 0 bridgehead atoms. The van der Waals surface area contributed by atoms with E-state index < -0.39 is 0 Å². The second kappa shape index (κ2) is 10.6. The van der Waals surface area contributed by atoms with Crippen LogP contribution in [0.1, 0.15) is 97.3 Å². The van der Waals surface area contributed by atoms with E-state index in [0.29, 0.717) is 0 Å². The van der Waals surface area contributed by atoms with Crippen molar-refractivity contribution in [1.29, 1.82) is 0 Å². The fourth-order valence-corrected chi connectivity index (χ4v) is 3.21. The Hall–Kier alpha value is -0.260. The van der Waals surface area contributed by atoms with E-state index in [1.54, 1.807) is 0 Å². The molecule has 0 nitrogen and oxygen atoms in total. The summed E-state index contributed by atoms with van der Waals surface area (Å²) < 4.78 is 0. The third kappa shape index (κ3) is 6.61. The lowest BCUT2D eigenvalue weighted by Crippen LogP contribution is -2.09. The highest BCUT2D eigenvalue weighted by molar-refractivity contribution is 5.07. The molecule has 0 spiro atoms. The van der Waals surface area contributed by atoms with Crippen molar-refractivity contribution in [2.45, 2.75) is 97.3 Å². The molecule has 1 saturated carbocycles. The first-order valence-electron chi connectivity index (χ1n) is 8.57. The Bertz CT molecular complexity index is 208. The van der Waals surface area contributed by atoms with Gasteiger partial charge in [-0.2, -0.15) is 0 Å². The summed E-state index contributed by atoms with van der Waals surface area (Å²) in [5, 5.41) is 0. The van der Waals surface area contributed by atoms with Gasteiger partial charge in [0.1, 0.15) is 0 Å². The van der Waals surface area contributed by atoms with Crippen molar-refractivity contribution < 1.29 is 0 Å². The molecule has 0 aromatic carbocycles. The third-order valence-corrected chi connectivity index (χ3v) is 4.41. The zero-order valence-electron chi connectivity index (χ0n) is 12.8. The van der Waals surface area contributed by atoms with Crippen LogP contribution in [0.4, 0.5) is 0 Å². The number of hydrogen-bond donors (Lipinski definition) is 0. The van der Waals surface area contributed by atoms with E-state index in [4.69, 9.17) is 0 Å². The van der Waals surface area contributed by atoms with Gasteiger partial charge in [0.05, 0.1) is 0 Å². The van der Waals surface area contributed by atoms with Crippen LogP contribution in [0.3, 0.4) is 0 Å². The summed E-state index contributed by atoms with van der Waals surface area (Å²) in [6, 6.07) is 0. The molecular formula is C18H34. The zero-order chi connectivity index (χ0) is 13.1. The molecule has 1 aliphatic carbocycles. The summed E-state index contributed by atoms with van der Waals surface area (Å²) in [5.74, 6) is 0.956.